The molecule has 2 heterocycles. The summed E-state index contributed by atoms with van der Waals surface area (Å²) >= 11 is 12.0. The van der Waals surface area contributed by atoms with E-state index in [0.717, 1.165) is 11.3 Å². The van der Waals surface area contributed by atoms with Gasteiger partial charge in [0, 0.05) is 17.3 Å². The van der Waals surface area contributed by atoms with Gasteiger partial charge in [-0.1, -0.05) is 35.3 Å². The first kappa shape index (κ1) is 17.5. The van der Waals surface area contributed by atoms with Gasteiger partial charge >= 0.3 is 0 Å². The maximum absolute atomic E-state index is 12.2. The van der Waals surface area contributed by atoms with Crippen LogP contribution in [0, 0.1) is 13.8 Å². The summed E-state index contributed by atoms with van der Waals surface area (Å²) in [7, 11) is 0. The summed E-state index contributed by atoms with van der Waals surface area (Å²) in [6.07, 6.45) is 1.81. The van der Waals surface area contributed by atoms with E-state index in [-0.39, 0.29) is 12.5 Å². The third-order valence-corrected chi connectivity index (χ3v) is 4.55. The predicted octanol–water partition coefficient (Wildman–Crippen LogP) is 3.69. The fourth-order valence-electron chi connectivity index (χ4n) is 2.44. The van der Waals surface area contributed by atoms with Crippen molar-refractivity contribution in [1.29, 1.82) is 0 Å². The van der Waals surface area contributed by atoms with E-state index in [9.17, 15) is 4.79 Å². The van der Waals surface area contributed by atoms with Crippen LogP contribution < -0.4 is 5.32 Å². The highest BCUT2D eigenvalue weighted by molar-refractivity contribution is 6.31. The number of amides is 1. The number of anilines is 1. The summed E-state index contributed by atoms with van der Waals surface area (Å²) in [5, 5.41) is 12.6. The fourth-order valence-corrected chi connectivity index (χ4v) is 2.70. The van der Waals surface area contributed by atoms with Gasteiger partial charge in [-0.15, -0.1) is 0 Å². The monoisotopic (exact) mass is 377 g/mol. The number of nitrogens with one attached hydrogen (secondary N) is 1. The van der Waals surface area contributed by atoms with Gasteiger partial charge in [0.25, 0.3) is 0 Å². The van der Waals surface area contributed by atoms with Crippen LogP contribution >= 0.6 is 23.2 Å². The normalized spacial score (nSPS) is 10.9. The molecular formula is C17H17Cl2N5O. The Morgan fingerprint density at radius 1 is 1.12 bits per heavy atom. The number of benzene rings is 1. The molecule has 0 saturated heterocycles. The van der Waals surface area contributed by atoms with E-state index in [1.54, 1.807) is 15.4 Å². The van der Waals surface area contributed by atoms with Gasteiger partial charge in [0.15, 0.2) is 5.82 Å². The van der Waals surface area contributed by atoms with Crippen LogP contribution in [0.4, 0.5) is 5.82 Å². The molecule has 0 saturated carbocycles. The van der Waals surface area contributed by atoms with Crippen molar-refractivity contribution in [3.63, 3.8) is 0 Å². The smallest absolute Gasteiger partial charge is 0.247 e. The second-order valence-corrected chi connectivity index (χ2v) is 6.53. The van der Waals surface area contributed by atoms with Crippen molar-refractivity contribution >= 4 is 34.9 Å². The van der Waals surface area contributed by atoms with Gasteiger partial charge in [-0.25, -0.2) is 0 Å². The minimum atomic E-state index is -0.209. The number of nitrogens with zero attached hydrogens (tertiary/aromatic N) is 4. The lowest BCUT2D eigenvalue weighted by atomic mass is 10.2. The van der Waals surface area contributed by atoms with Gasteiger partial charge in [0.05, 0.1) is 23.0 Å². The van der Waals surface area contributed by atoms with Crippen molar-refractivity contribution in [3.8, 4) is 0 Å². The zero-order chi connectivity index (χ0) is 18.0. The molecule has 6 nitrogen and oxygen atoms in total. The van der Waals surface area contributed by atoms with Gasteiger partial charge in [-0.05, 0) is 31.5 Å². The number of halogens is 2. The molecule has 130 valence electrons. The van der Waals surface area contributed by atoms with Gasteiger partial charge in [0.2, 0.25) is 5.91 Å². The third kappa shape index (κ3) is 4.21. The Morgan fingerprint density at radius 2 is 1.84 bits per heavy atom. The van der Waals surface area contributed by atoms with Crippen LogP contribution in [-0.4, -0.2) is 25.5 Å². The van der Waals surface area contributed by atoms with Crippen molar-refractivity contribution in [2.75, 3.05) is 5.32 Å². The highest BCUT2D eigenvalue weighted by Crippen LogP contribution is 2.18. The molecule has 0 aliphatic carbocycles. The van der Waals surface area contributed by atoms with Crippen LogP contribution in [0.2, 0.25) is 10.0 Å². The summed E-state index contributed by atoms with van der Waals surface area (Å²) in [6.45, 7) is 4.32. The lowest BCUT2D eigenvalue weighted by molar-refractivity contribution is -0.117. The molecule has 8 heteroatoms. The standard InChI is InChI=1S/C17H17Cl2N5O/c1-11-17(19)12(2)24(21-11)10-16(25)20-15-7-8-23(22-15)9-13-3-5-14(18)6-4-13/h3-8H,9-10H2,1-2H3,(H,20,22,25). The summed E-state index contributed by atoms with van der Waals surface area (Å²) < 4.78 is 3.33. The number of hydrogen-bond acceptors (Lipinski definition) is 3. The highest BCUT2D eigenvalue weighted by atomic mass is 35.5. The summed E-state index contributed by atoms with van der Waals surface area (Å²) in [4.78, 5) is 12.2. The SMILES string of the molecule is Cc1nn(CC(=O)Nc2ccn(Cc3ccc(Cl)cc3)n2)c(C)c1Cl. The summed E-state index contributed by atoms with van der Waals surface area (Å²) in [5.41, 5.74) is 2.55. The van der Waals surface area contributed by atoms with Gasteiger partial charge < -0.3 is 5.32 Å². The Balaban J connectivity index is 1.61. The van der Waals surface area contributed by atoms with Gasteiger partial charge in [0.1, 0.15) is 6.54 Å². The van der Waals surface area contributed by atoms with E-state index in [2.05, 4.69) is 15.5 Å². The molecule has 0 radical (unpaired) electrons. The zero-order valence-electron chi connectivity index (χ0n) is 13.8. The van der Waals surface area contributed by atoms with Crippen molar-refractivity contribution in [2.24, 2.45) is 0 Å². The third-order valence-electron chi connectivity index (χ3n) is 3.75. The highest BCUT2D eigenvalue weighted by Gasteiger charge is 2.13. The quantitative estimate of drug-likeness (QED) is 0.737. The summed E-state index contributed by atoms with van der Waals surface area (Å²) in [6, 6.07) is 9.30. The minimum absolute atomic E-state index is 0.0867. The van der Waals surface area contributed by atoms with Gasteiger partial charge in [-0.2, -0.15) is 10.2 Å². The van der Waals surface area contributed by atoms with Crippen LogP contribution in [0.5, 0.6) is 0 Å². The van der Waals surface area contributed by atoms with E-state index in [4.69, 9.17) is 23.2 Å². The van der Waals surface area contributed by atoms with E-state index < -0.39 is 0 Å². The van der Waals surface area contributed by atoms with Crippen LogP contribution in [0.15, 0.2) is 36.5 Å². The Hall–Kier alpha value is -2.31. The predicted molar refractivity (Wildman–Crippen MR) is 98.1 cm³/mol. The lowest BCUT2D eigenvalue weighted by Gasteiger charge is -2.05. The molecule has 0 atom stereocenters. The number of rotatable bonds is 5. The van der Waals surface area contributed by atoms with Crippen molar-refractivity contribution < 1.29 is 4.79 Å². The summed E-state index contributed by atoms with van der Waals surface area (Å²) in [5.74, 6) is 0.283. The van der Waals surface area contributed by atoms with E-state index >= 15 is 0 Å². The average Bonchev–Trinajstić information content (AvgIpc) is 3.10. The molecule has 3 rings (SSSR count). The van der Waals surface area contributed by atoms with E-state index in [0.29, 0.717) is 28.1 Å². The maximum atomic E-state index is 12.2. The largest absolute Gasteiger partial charge is 0.308 e. The van der Waals surface area contributed by atoms with Crippen LogP contribution in [0.25, 0.3) is 0 Å². The number of hydrogen-bond donors (Lipinski definition) is 1. The van der Waals surface area contributed by atoms with E-state index in [1.807, 2.05) is 44.3 Å². The number of aromatic nitrogens is 4. The second-order valence-electron chi connectivity index (χ2n) is 5.72. The topological polar surface area (TPSA) is 64.7 Å². The minimum Gasteiger partial charge on any atom is -0.308 e. The van der Waals surface area contributed by atoms with Crippen molar-refractivity contribution in [1.82, 2.24) is 19.6 Å². The van der Waals surface area contributed by atoms with Crippen molar-refractivity contribution in [3.05, 3.63) is 63.5 Å². The lowest BCUT2D eigenvalue weighted by Crippen LogP contribution is -2.20. The molecule has 1 aromatic carbocycles. The molecule has 3 aromatic rings. The van der Waals surface area contributed by atoms with Crippen LogP contribution in [0.3, 0.4) is 0 Å². The van der Waals surface area contributed by atoms with Gasteiger partial charge in [-0.3, -0.25) is 14.2 Å². The second kappa shape index (κ2) is 7.29. The first-order valence-electron chi connectivity index (χ1n) is 7.69. The number of carbonyl (C=O) groups excluding carboxylic acids is 1. The number of carbonyl (C=O) groups is 1. The Labute approximate surface area is 155 Å². The van der Waals surface area contributed by atoms with Crippen molar-refractivity contribution in [2.45, 2.75) is 26.9 Å². The number of aryl methyl sites for hydroxylation is 1. The molecule has 0 aliphatic rings. The van der Waals surface area contributed by atoms with Crippen LogP contribution in [0.1, 0.15) is 17.0 Å². The van der Waals surface area contributed by atoms with Crippen LogP contribution in [-0.2, 0) is 17.9 Å². The first-order valence-corrected chi connectivity index (χ1v) is 8.45. The van der Waals surface area contributed by atoms with E-state index in [1.165, 1.54) is 0 Å². The Kier molecular flexibility index (Phi) is 5.11. The molecule has 0 spiro atoms. The molecule has 2 aromatic heterocycles. The Morgan fingerprint density at radius 3 is 2.48 bits per heavy atom. The molecule has 0 fully saturated rings. The fraction of sp³-hybridized carbons (Fsp3) is 0.235. The average molecular weight is 378 g/mol. The molecule has 0 aliphatic heterocycles. The first-order chi connectivity index (χ1) is 11.9. The zero-order valence-corrected chi connectivity index (χ0v) is 15.3. The molecule has 25 heavy (non-hydrogen) atoms. The molecule has 1 N–H and O–H groups in total. The molecule has 0 bridgehead atoms. The molecule has 1 amide bonds. The molecule has 0 unspecified atom stereocenters. The maximum Gasteiger partial charge on any atom is 0.247 e. The Bertz CT molecular complexity index is 898. The molecular weight excluding hydrogens is 361 g/mol.